The average molecular weight is 236 g/mol. The van der Waals surface area contributed by atoms with E-state index in [9.17, 15) is 4.79 Å². The highest BCUT2D eigenvalue weighted by molar-refractivity contribution is 5.71. The van der Waals surface area contributed by atoms with E-state index in [2.05, 4.69) is 23.6 Å². The van der Waals surface area contributed by atoms with Gasteiger partial charge < -0.3 is 9.32 Å². The highest BCUT2D eigenvalue weighted by Gasteiger charge is 2.27. The van der Waals surface area contributed by atoms with Crippen molar-refractivity contribution in [2.75, 3.05) is 31.1 Å². The molecule has 0 aromatic carbocycles. The minimum absolute atomic E-state index is 0.409. The number of carbonyl (C=O) groups is 1. The molecule has 1 unspecified atom stereocenters. The van der Waals surface area contributed by atoms with Crippen LogP contribution in [0.15, 0.2) is 16.5 Å². The molecule has 1 aliphatic heterocycles. The Morgan fingerprint density at radius 1 is 1.47 bits per heavy atom. The third-order valence-corrected chi connectivity index (χ3v) is 3.53. The molecule has 1 aliphatic rings. The maximum absolute atomic E-state index is 10.6. The van der Waals surface area contributed by atoms with Crippen LogP contribution in [-0.4, -0.2) is 43.4 Å². The van der Waals surface area contributed by atoms with Gasteiger partial charge in [0.05, 0.1) is 0 Å². The molecule has 4 nitrogen and oxygen atoms in total. The van der Waals surface area contributed by atoms with Crippen LogP contribution >= 0.6 is 0 Å². The summed E-state index contributed by atoms with van der Waals surface area (Å²) in [6, 6.07) is 4.22. The third-order valence-electron chi connectivity index (χ3n) is 3.53. The van der Waals surface area contributed by atoms with Crippen LogP contribution in [0.1, 0.15) is 30.8 Å². The quantitative estimate of drug-likeness (QED) is 0.733. The maximum atomic E-state index is 10.6. The van der Waals surface area contributed by atoms with E-state index in [1.165, 1.54) is 6.42 Å². The minimum Gasteiger partial charge on any atom is -0.438 e. The first-order chi connectivity index (χ1) is 8.28. The molecule has 0 spiro atoms. The molecule has 1 atom stereocenters. The summed E-state index contributed by atoms with van der Waals surface area (Å²) in [5.41, 5.74) is 0. The van der Waals surface area contributed by atoms with Crippen LogP contribution in [0.2, 0.25) is 0 Å². The van der Waals surface area contributed by atoms with Crippen LogP contribution in [0.3, 0.4) is 0 Å². The van der Waals surface area contributed by atoms with E-state index in [-0.39, 0.29) is 0 Å². The molecule has 17 heavy (non-hydrogen) atoms. The Kier molecular flexibility index (Phi) is 3.84. The van der Waals surface area contributed by atoms with Crippen LogP contribution in [0.25, 0.3) is 0 Å². The van der Waals surface area contributed by atoms with Gasteiger partial charge >= 0.3 is 0 Å². The van der Waals surface area contributed by atoms with Crippen molar-refractivity contribution in [1.29, 1.82) is 0 Å². The standard InChI is InChI=1S/C13H20N2O2/c1-3-14(4-2)11-7-8-15(9-11)13-6-5-12(10-16)17-13/h5-6,10-11H,3-4,7-9H2,1-2H3. The van der Waals surface area contributed by atoms with E-state index in [0.29, 0.717) is 11.8 Å². The summed E-state index contributed by atoms with van der Waals surface area (Å²) < 4.78 is 5.45. The Bertz CT molecular complexity index is 371. The maximum Gasteiger partial charge on any atom is 0.196 e. The molecule has 0 N–H and O–H groups in total. The summed E-state index contributed by atoms with van der Waals surface area (Å²) in [6.07, 6.45) is 1.92. The highest BCUT2D eigenvalue weighted by atomic mass is 16.4. The molecule has 0 bridgehead atoms. The first-order valence-electron chi connectivity index (χ1n) is 6.32. The molecule has 1 fully saturated rings. The zero-order chi connectivity index (χ0) is 12.3. The lowest BCUT2D eigenvalue weighted by Gasteiger charge is -2.25. The number of nitrogens with zero attached hydrogens (tertiary/aromatic N) is 2. The Labute approximate surface area is 102 Å². The molecule has 1 aromatic rings. The summed E-state index contributed by atoms with van der Waals surface area (Å²) in [6.45, 7) is 8.58. The number of furan rings is 1. The Balaban J connectivity index is 1.99. The van der Waals surface area contributed by atoms with Crippen molar-refractivity contribution in [3.8, 4) is 0 Å². The minimum atomic E-state index is 0.409. The largest absolute Gasteiger partial charge is 0.438 e. The topological polar surface area (TPSA) is 36.7 Å². The first-order valence-corrected chi connectivity index (χ1v) is 6.32. The molecule has 2 heterocycles. The van der Waals surface area contributed by atoms with E-state index >= 15 is 0 Å². The number of hydrogen-bond donors (Lipinski definition) is 0. The fourth-order valence-electron chi connectivity index (χ4n) is 2.56. The van der Waals surface area contributed by atoms with Crippen molar-refractivity contribution in [3.63, 3.8) is 0 Å². The van der Waals surface area contributed by atoms with Crippen molar-refractivity contribution in [2.45, 2.75) is 26.3 Å². The van der Waals surface area contributed by atoms with Crippen LogP contribution in [0.5, 0.6) is 0 Å². The van der Waals surface area contributed by atoms with Crippen molar-refractivity contribution in [1.82, 2.24) is 4.90 Å². The molecule has 1 saturated heterocycles. The van der Waals surface area contributed by atoms with Gasteiger partial charge in [0.15, 0.2) is 17.9 Å². The molecule has 4 heteroatoms. The SMILES string of the molecule is CCN(CC)C1CCN(c2ccc(C=O)o2)C1. The summed E-state index contributed by atoms with van der Waals surface area (Å²) in [5, 5.41) is 0. The van der Waals surface area contributed by atoms with Gasteiger partial charge in [0.25, 0.3) is 0 Å². The first kappa shape index (κ1) is 12.2. The van der Waals surface area contributed by atoms with Gasteiger partial charge in [0.2, 0.25) is 0 Å². The monoisotopic (exact) mass is 236 g/mol. The average Bonchev–Trinajstić information content (AvgIpc) is 2.98. The van der Waals surface area contributed by atoms with Gasteiger partial charge in [-0.3, -0.25) is 9.69 Å². The van der Waals surface area contributed by atoms with Gasteiger partial charge in [-0.2, -0.15) is 0 Å². The molecule has 94 valence electrons. The molecule has 0 aliphatic carbocycles. The van der Waals surface area contributed by atoms with E-state index < -0.39 is 0 Å². The summed E-state index contributed by atoms with van der Waals surface area (Å²) in [4.78, 5) is 15.3. The second-order valence-electron chi connectivity index (χ2n) is 4.40. The van der Waals surface area contributed by atoms with E-state index in [4.69, 9.17) is 4.42 Å². The molecular formula is C13H20N2O2. The summed E-state index contributed by atoms with van der Waals surface area (Å²) in [5.74, 6) is 1.23. The van der Waals surface area contributed by atoms with Crippen molar-refractivity contribution in [3.05, 3.63) is 17.9 Å². The molecule has 0 radical (unpaired) electrons. The smallest absolute Gasteiger partial charge is 0.196 e. The van der Waals surface area contributed by atoms with Crippen molar-refractivity contribution in [2.24, 2.45) is 0 Å². The fourth-order valence-corrected chi connectivity index (χ4v) is 2.56. The molecule has 0 saturated carbocycles. The zero-order valence-corrected chi connectivity index (χ0v) is 10.6. The van der Waals surface area contributed by atoms with Gasteiger partial charge in [-0.1, -0.05) is 13.8 Å². The molecule has 0 amide bonds. The van der Waals surface area contributed by atoms with E-state index in [1.807, 2.05) is 6.07 Å². The lowest BCUT2D eigenvalue weighted by molar-refractivity contribution is 0.110. The van der Waals surface area contributed by atoms with Crippen LogP contribution < -0.4 is 4.90 Å². The van der Waals surface area contributed by atoms with Gasteiger partial charge in [-0.15, -0.1) is 0 Å². The number of rotatable bonds is 5. The Hall–Kier alpha value is -1.29. The van der Waals surface area contributed by atoms with E-state index in [1.54, 1.807) is 6.07 Å². The van der Waals surface area contributed by atoms with Gasteiger partial charge in [0.1, 0.15) is 0 Å². The van der Waals surface area contributed by atoms with Gasteiger partial charge in [-0.05, 0) is 25.6 Å². The molecule has 2 rings (SSSR count). The second-order valence-corrected chi connectivity index (χ2v) is 4.40. The van der Waals surface area contributed by atoms with Gasteiger partial charge in [-0.25, -0.2) is 0 Å². The molecular weight excluding hydrogens is 216 g/mol. The number of hydrogen-bond acceptors (Lipinski definition) is 4. The third kappa shape index (κ3) is 2.52. The highest BCUT2D eigenvalue weighted by Crippen LogP contribution is 2.24. The fraction of sp³-hybridized carbons (Fsp3) is 0.615. The lowest BCUT2D eigenvalue weighted by atomic mass is 10.2. The molecule has 1 aromatic heterocycles. The normalized spacial score (nSPS) is 20.2. The number of carbonyl (C=O) groups excluding carboxylic acids is 1. The second kappa shape index (κ2) is 5.36. The zero-order valence-electron chi connectivity index (χ0n) is 10.6. The Morgan fingerprint density at radius 2 is 2.24 bits per heavy atom. The lowest BCUT2D eigenvalue weighted by Crippen LogP contribution is -2.37. The van der Waals surface area contributed by atoms with E-state index in [0.717, 1.165) is 38.3 Å². The predicted molar refractivity (Wildman–Crippen MR) is 67.6 cm³/mol. The van der Waals surface area contributed by atoms with Crippen LogP contribution in [0.4, 0.5) is 5.88 Å². The van der Waals surface area contributed by atoms with Crippen LogP contribution in [0, 0.1) is 0 Å². The van der Waals surface area contributed by atoms with Crippen LogP contribution in [-0.2, 0) is 0 Å². The van der Waals surface area contributed by atoms with Gasteiger partial charge in [0, 0.05) is 25.2 Å². The summed E-state index contributed by atoms with van der Waals surface area (Å²) >= 11 is 0. The van der Waals surface area contributed by atoms with Crippen molar-refractivity contribution < 1.29 is 9.21 Å². The Morgan fingerprint density at radius 3 is 2.82 bits per heavy atom. The predicted octanol–water partition coefficient (Wildman–Crippen LogP) is 2.01. The number of likely N-dealkylation sites (N-methyl/N-ethyl adjacent to an activating group) is 1. The number of aldehydes is 1. The van der Waals surface area contributed by atoms with Crippen molar-refractivity contribution >= 4 is 12.2 Å². The summed E-state index contributed by atoms with van der Waals surface area (Å²) in [7, 11) is 0. The number of anilines is 1.